The van der Waals surface area contributed by atoms with Crippen molar-refractivity contribution in [2.24, 2.45) is 0 Å². The van der Waals surface area contributed by atoms with Crippen LogP contribution in [0.25, 0.3) is 10.9 Å². The van der Waals surface area contributed by atoms with Crippen molar-refractivity contribution in [3.63, 3.8) is 0 Å². The summed E-state index contributed by atoms with van der Waals surface area (Å²) in [5, 5.41) is 7.67. The summed E-state index contributed by atoms with van der Waals surface area (Å²) in [6.45, 7) is 4.50. The lowest BCUT2D eigenvalue weighted by Crippen LogP contribution is -2.44. The molecule has 1 aromatic carbocycles. The lowest BCUT2D eigenvalue weighted by Gasteiger charge is -2.33. The van der Waals surface area contributed by atoms with Crippen LogP contribution < -0.4 is 10.2 Å². The van der Waals surface area contributed by atoms with Crippen LogP contribution in [0.15, 0.2) is 24.4 Å². The van der Waals surface area contributed by atoms with Gasteiger partial charge in [0, 0.05) is 44.2 Å². The van der Waals surface area contributed by atoms with Crippen molar-refractivity contribution in [1.29, 1.82) is 0 Å². The monoisotopic (exact) mass is 380 g/mol. The van der Waals surface area contributed by atoms with Gasteiger partial charge < -0.3 is 15.0 Å². The maximum absolute atomic E-state index is 13.0. The van der Waals surface area contributed by atoms with Gasteiger partial charge in [0.1, 0.15) is 0 Å². The molecule has 27 heavy (non-hydrogen) atoms. The van der Waals surface area contributed by atoms with Gasteiger partial charge in [-0.05, 0) is 38.0 Å². The SMILES string of the molecule is COC1CCN(c2ccc3c(cnn3CC(C)NC(=O)C(C)(F)F)c2)CC1. The van der Waals surface area contributed by atoms with E-state index >= 15 is 0 Å². The van der Waals surface area contributed by atoms with Gasteiger partial charge in [-0.15, -0.1) is 0 Å². The summed E-state index contributed by atoms with van der Waals surface area (Å²) in [6.07, 6.45) is 4.11. The van der Waals surface area contributed by atoms with Gasteiger partial charge in [0.2, 0.25) is 0 Å². The zero-order valence-electron chi connectivity index (χ0n) is 15.9. The number of hydrogen-bond acceptors (Lipinski definition) is 4. The Morgan fingerprint density at radius 2 is 2.11 bits per heavy atom. The van der Waals surface area contributed by atoms with E-state index in [0.29, 0.717) is 19.6 Å². The molecule has 1 amide bonds. The van der Waals surface area contributed by atoms with Crippen molar-refractivity contribution in [2.45, 2.75) is 51.3 Å². The van der Waals surface area contributed by atoms with E-state index in [0.717, 1.165) is 42.5 Å². The molecule has 1 aliphatic rings. The number of halogens is 2. The number of amides is 1. The van der Waals surface area contributed by atoms with Crippen LogP contribution in [-0.2, 0) is 16.1 Å². The van der Waals surface area contributed by atoms with E-state index in [9.17, 15) is 13.6 Å². The van der Waals surface area contributed by atoms with Crippen LogP contribution in [-0.4, -0.2) is 54.0 Å². The molecule has 2 heterocycles. The summed E-state index contributed by atoms with van der Waals surface area (Å²) in [4.78, 5) is 13.8. The number of ether oxygens (including phenoxy) is 1. The summed E-state index contributed by atoms with van der Waals surface area (Å²) in [6, 6.07) is 5.68. The second-order valence-electron chi connectivity index (χ2n) is 7.25. The summed E-state index contributed by atoms with van der Waals surface area (Å²) in [5.74, 6) is -4.65. The van der Waals surface area contributed by atoms with Crippen molar-refractivity contribution in [2.75, 3.05) is 25.1 Å². The highest BCUT2D eigenvalue weighted by atomic mass is 19.3. The normalized spacial score (nSPS) is 17.3. The second kappa shape index (κ2) is 7.80. The van der Waals surface area contributed by atoms with Gasteiger partial charge in [0.25, 0.3) is 5.91 Å². The van der Waals surface area contributed by atoms with E-state index in [1.807, 2.05) is 6.07 Å². The number of rotatable bonds is 6. The summed E-state index contributed by atoms with van der Waals surface area (Å²) in [7, 11) is 1.76. The number of anilines is 1. The zero-order valence-corrected chi connectivity index (χ0v) is 15.9. The highest BCUT2D eigenvalue weighted by molar-refractivity contribution is 5.84. The molecule has 1 aromatic heterocycles. The van der Waals surface area contributed by atoms with E-state index in [1.54, 1.807) is 24.9 Å². The highest BCUT2D eigenvalue weighted by Gasteiger charge is 2.33. The third kappa shape index (κ3) is 4.55. The lowest BCUT2D eigenvalue weighted by atomic mass is 10.1. The maximum atomic E-state index is 13.0. The molecular weight excluding hydrogens is 354 g/mol. The molecular formula is C19H26F2N4O2. The molecule has 0 bridgehead atoms. The van der Waals surface area contributed by atoms with Crippen LogP contribution in [0.5, 0.6) is 0 Å². The number of piperidine rings is 1. The van der Waals surface area contributed by atoms with Gasteiger partial charge in [-0.2, -0.15) is 13.9 Å². The minimum absolute atomic E-state index is 0.323. The molecule has 1 saturated heterocycles. The fraction of sp³-hybridized carbons (Fsp3) is 0.579. The molecule has 1 atom stereocenters. The van der Waals surface area contributed by atoms with Crippen molar-refractivity contribution in [3.8, 4) is 0 Å². The van der Waals surface area contributed by atoms with Gasteiger partial charge in [-0.1, -0.05) is 0 Å². The van der Waals surface area contributed by atoms with Crippen LogP contribution in [0, 0.1) is 0 Å². The molecule has 1 N–H and O–H groups in total. The molecule has 6 nitrogen and oxygen atoms in total. The third-order valence-corrected chi connectivity index (χ3v) is 4.99. The maximum Gasteiger partial charge on any atom is 0.321 e. The van der Waals surface area contributed by atoms with Gasteiger partial charge >= 0.3 is 5.92 Å². The Kier molecular flexibility index (Phi) is 5.64. The van der Waals surface area contributed by atoms with Gasteiger partial charge in [-0.3, -0.25) is 9.48 Å². The number of carbonyl (C=O) groups excluding carboxylic acids is 1. The number of fused-ring (bicyclic) bond motifs is 1. The molecule has 0 radical (unpaired) electrons. The van der Waals surface area contributed by atoms with E-state index < -0.39 is 17.9 Å². The average Bonchev–Trinajstić information content (AvgIpc) is 3.03. The molecule has 0 aliphatic carbocycles. The first-order chi connectivity index (χ1) is 12.8. The first-order valence-corrected chi connectivity index (χ1v) is 9.20. The zero-order chi connectivity index (χ0) is 19.6. The third-order valence-electron chi connectivity index (χ3n) is 4.99. The van der Waals surface area contributed by atoms with E-state index in [1.165, 1.54) is 0 Å². The molecule has 0 saturated carbocycles. The standard InChI is InChI=1S/C19H26F2N4O2/c1-13(23-18(26)19(2,20)21)12-25-17-5-4-15(10-14(17)11-22-25)24-8-6-16(27-3)7-9-24/h4-5,10-11,13,16H,6-9,12H2,1-3H3,(H,23,26). The number of benzene rings is 1. The van der Waals surface area contributed by atoms with E-state index in [-0.39, 0.29) is 0 Å². The predicted octanol–water partition coefficient (Wildman–Crippen LogP) is 2.81. The Bertz CT molecular complexity index is 795. The average molecular weight is 380 g/mol. The summed E-state index contributed by atoms with van der Waals surface area (Å²) in [5.41, 5.74) is 2.05. The van der Waals surface area contributed by atoms with Gasteiger partial charge in [0.15, 0.2) is 0 Å². The Balaban J connectivity index is 1.68. The second-order valence-corrected chi connectivity index (χ2v) is 7.25. The number of nitrogens with one attached hydrogen (secondary N) is 1. The molecule has 8 heteroatoms. The van der Waals surface area contributed by atoms with Crippen LogP contribution in [0.3, 0.4) is 0 Å². The minimum Gasteiger partial charge on any atom is -0.381 e. The molecule has 1 fully saturated rings. The Labute approximate surface area is 157 Å². The minimum atomic E-state index is -3.38. The van der Waals surface area contributed by atoms with Crippen molar-refractivity contribution in [1.82, 2.24) is 15.1 Å². The largest absolute Gasteiger partial charge is 0.381 e. The Hall–Kier alpha value is -2.22. The number of hydrogen-bond donors (Lipinski definition) is 1. The first-order valence-electron chi connectivity index (χ1n) is 9.20. The van der Waals surface area contributed by atoms with Gasteiger partial charge in [-0.25, -0.2) is 0 Å². The fourth-order valence-electron chi connectivity index (χ4n) is 3.42. The van der Waals surface area contributed by atoms with Crippen molar-refractivity contribution in [3.05, 3.63) is 24.4 Å². The summed E-state index contributed by atoms with van der Waals surface area (Å²) < 4.78 is 33.2. The van der Waals surface area contributed by atoms with Crippen molar-refractivity contribution < 1.29 is 18.3 Å². The molecule has 1 unspecified atom stereocenters. The summed E-state index contributed by atoms with van der Waals surface area (Å²) >= 11 is 0. The molecule has 0 spiro atoms. The van der Waals surface area contributed by atoms with Crippen LogP contribution in [0.1, 0.15) is 26.7 Å². The fourth-order valence-corrected chi connectivity index (χ4v) is 3.42. The molecule has 1 aliphatic heterocycles. The van der Waals surface area contributed by atoms with Crippen molar-refractivity contribution >= 4 is 22.5 Å². The number of carbonyl (C=O) groups is 1. The quantitative estimate of drug-likeness (QED) is 0.837. The van der Waals surface area contributed by atoms with Crippen LogP contribution >= 0.6 is 0 Å². The highest BCUT2D eigenvalue weighted by Crippen LogP contribution is 2.25. The van der Waals surface area contributed by atoms with E-state index in [4.69, 9.17) is 4.74 Å². The van der Waals surface area contributed by atoms with Crippen LogP contribution in [0.2, 0.25) is 0 Å². The molecule has 2 aromatic rings. The topological polar surface area (TPSA) is 59.4 Å². The Morgan fingerprint density at radius 3 is 2.74 bits per heavy atom. The van der Waals surface area contributed by atoms with Crippen LogP contribution in [0.4, 0.5) is 14.5 Å². The smallest absolute Gasteiger partial charge is 0.321 e. The predicted molar refractivity (Wildman–Crippen MR) is 100 cm³/mol. The molecule has 148 valence electrons. The van der Waals surface area contributed by atoms with Gasteiger partial charge in [0.05, 0.1) is 24.4 Å². The number of aromatic nitrogens is 2. The lowest BCUT2D eigenvalue weighted by molar-refractivity contribution is -0.143. The Morgan fingerprint density at radius 1 is 1.41 bits per heavy atom. The first kappa shape index (κ1) is 19.5. The number of alkyl halides is 2. The van der Waals surface area contributed by atoms with E-state index in [2.05, 4.69) is 27.4 Å². The number of nitrogens with zero attached hydrogens (tertiary/aromatic N) is 3. The number of methoxy groups -OCH3 is 1. The molecule has 3 rings (SSSR count).